The summed E-state index contributed by atoms with van der Waals surface area (Å²) < 4.78 is 13.0. The Morgan fingerprint density at radius 2 is 1.53 bits per heavy atom. The molecule has 2 N–H and O–H groups in total. The van der Waals surface area contributed by atoms with Crippen LogP contribution in [-0.4, -0.2) is 0 Å². The summed E-state index contributed by atoms with van der Waals surface area (Å²) in [5, 5.41) is 0. The first-order valence-electron chi connectivity index (χ1n) is 4.83. The second-order valence-corrected chi connectivity index (χ2v) is 3.44. The van der Waals surface area contributed by atoms with E-state index in [1.165, 1.54) is 12.1 Å². The molecule has 2 heteroatoms. The van der Waals surface area contributed by atoms with Crippen LogP contribution in [0.2, 0.25) is 0 Å². The van der Waals surface area contributed by atoms with Gasteiger partial charge in [0.05, 0.1) is 6.04 Å². The molecule has 1 nitrogen and oxygen atoms in total. The molecule has 0 saturated carbocycles. The lowest BCUT2D eigenvalue weighted by atomic mass is 10.00. The van der Waals surface area contributed by atoms with Crippen molar-refractivity contribution in [3.63, 3.8) is 0 Å². The molecule has 76 valence electrons. The first-order chi connectivity index (χ1) is 7.27. The molecule has 0 aliphatic heterocycles. The van der Waals surface area contributed by atoms with Gasteiger partial charge in [0, 0.05) is 0 Å². The van der Waals surface area contributed by atoms with Crippen LogP contribution in [0.15, 0.2) is 54.6 Å². The molecule has 0 spiro atoms. The molecule has 2 rings (SSSR count). The summed E-state index contributed by atoms with van der Waals surface area (Å²) in [7, 11) is 0. The number of hydrogen-bond acceptors (Lipinski definition) is 1. The topological polar surface area (TPSA) is 26.0 Å². The molecule has 0 aromatic heterocycles. The van der Waals surface area contributed by atoms with Crippen LogP contribution >= 0.6 is 0 Å². The Hall–Kier alpha value is -1.67. The predicted octanol–water partition coefficient (Wildman–Crippen LogP) is 2.87. The van der Waals surface area contributed by atoms with Gasteiger partial charge in [-0.25, -0.2) is 4.39 Å². The van der Waals surface area contributed by atoms with E-state index in [0.717, 1.165) is 11.1 Å². The third kappa shape index (κ3) is 2.22. The Kier molecular flexibility index (Phi) is 2.79. The van der Waals surface area contributed by atoms with Crippen molar-refractivity contribution in [2.75, 3.05) is 0 Å². The van der Waals surface area contributed by atoms with Crippen molar-refractivity contribution >= 4 is 0 Å². The van der Waals surface area contributed by atoms with Crippen molar-refractivity contribution in [1.29, 1.82) is 0 Å². The minimum absolute atomic E-state index is 0.251. The zero-order valence-electron chi connectivity index (χ0n) is 8.23. The number of halogens is 1. The van der Waals surface area contributed by atoms with E-state index in [-0.39, 0.29) is 11.9 Å². The Labute approximate surface area is 88.4 Å². The number of rotatable bonds is 2. The standard InChI is InChI=1S/C13H12FN/c14-12-8-4-7-11(9-12)13(15)10-5-2-1-3-6-10/h1-9,13H,15H2/t13-/m0/s1. The summed E-state index contributed by atoms with van der Waals surface area (Å²) in [6.45, 7) is 0. The lowest BCUT2D eigenvalue weighted by Gasteiger charge is -2.12. The summed E-state index contributed by atoms with van der Waals surface area (Å²) in [5.41, 5.74) is 7.80. The zero-order chi connectivity index (χ0) is 10.7. The monoisotopic (exact) mass is 201 g/mol. The molecule has 0 saturated heterocycles. The van der Waals surface area contributed by atoms with Gasteiger partial charge in [-0.2, -0.15) is 0 Å². The van der Waals surface area contributed by atoms with E-state index in [9.17, 15) is 4.39 Å². The maximum Gasteiger partial charge on any atom is 0.123 e. The highest BCUT2D eigenvalue weighted by molar-refractivity contribution is 5.31. The molecule has 1 atom stereocenters. The van der Waals surface area contributed by atoms with E-state index in [1.807, 2.05) is 36.4 Å². The molecule has 0 bridgehead atoms. The molecule has 15 heavy (non-hydrogen) atoms. The number of benzene rings is 2. The highest BCUT2D eigenvalue weighted by atomic mass is 19.1. The van der Waals surface area contributed by atoms with Crippen LogP contribution in [0.4, 0.5) is 4.39 Å². The van der Waals surface area contributed by atoms with Gasteiger partial charge in [0.1, 0.15) is 5.82 Å². The van der Waals surface area contributed by atoms with E-state index < -0.39 is 0 Å². The minimum Gasteiger partial charge on any atom is -0.320 e. The largest absolute Gasteiger partial charge is 0.320 e. The molecule has 0 fully saturated rings. The van der Waals surface area contributed by atoms with E-state index in [1.54, 1.807) is 6.07 Å². The highest BCUT2D eigenvalue weighted by Gasteiger charge is 2.08. The first-order valence-corrected chi connectivity index (χ1v) is 4.83. The Morgan fingerprint density at radius 3 is 2.20 bits per heavy atom. The second-order valence-electron chi connectivity index (χ2n) is 3.44. The van der Waals surface area contributed by atoms with Crippen molar-refractivity contribution in [2.24, 2.45) is 5.73 Å². The van der Waals surface area contributed by atoms with Crippen molar-refractivity contribution in [1.82, 2.24) is 0 Å². The van der Waals surface area contributed by atoms with Crippen LogP contribution in [-0.2, 0) is 0 Å². The smallest absolute Gasteiger partial charge is 0.123 e. The normalized spacial score (nSPS) is 12.4. The van der Waals surface area contributed by atoms with Gasteiger partial charge < -0.3 is 5.73 Å². The molecule has 0 heterocycles. The fraction of sp³-hybridized carbons (Fsp3) is 0.0769. The van der Waals surface area contributed by atoms with Gasteiger partial charge in [-0.15, -0.1) is 0 Å². The van der Waals surface area contributed by atoms with E-state index >= 15 is 0 Å². The van der Waals surface area contributed by atoms with Crippen molar-refractivity contribution in [3.8, 4) is 0 Å². The summed E-state index contributed by atoms with van der Waals surface area (Å²) in [6, 6.07) is 15.8. The lowest BCUT2D eigenvalue weighted by molar-refractivity contribution is 0.623. The average Bonchev–Trinajstić information content (AvgIpc) is 2.29. The van der Waals surface area contributed by atoms with Crippen LogP contribution in [0.3, 0.4) is 0 Å². The van der Waals surface area contributed by atoms with Crippen LogP contribution in [0.1, 0.15) is 17.2 Å². The maximum absolute atomic E-state index is 13.0. The molecule has 0 aliphatic carbocycles. The molecule has 0 aliphatic rings. The van der Waals surface area contributed by atoms with Crippen molar-refractivity contribution in [2.45, 2.75) is 6.04 Å². The Balaban J connectivity index is 2.32. The van der Waals surface area contributed by atoms with Gasteiger partial charge in [0.15, 0.2) is 0 Å². The maximum atomic E-state index is 13.0. The fourth-order valence-electron chi connectivity index (χ4n) is 1.55. The van der Waals surface area contributed by atoms with Gasteiger partial charge in [-0.05, 0) is 23.3 Å². The molecular weight excluding hydrogens is 189 g/mol. The van der Waals surface area contributed by atoms with Crippen molar-refractivity contribution < 1.29 is 4.39 Å². The summed E-state index contributed by atoms with van der Waals surface area (Å²) in [5.74, 6) is -0.251. The van der Waals surface area contributed by atoms with Crippen molar-refractivity contribution in [3.05, 3.63) is 71.5 Å². The van der Waals surface area contributed by atoms with Crippen LogP contribution in [0.25, 0.3) is 0 Å². The molecule has 0 amide bonds. The van der Waals surface area contributed by atoms with Gasteiger partial charge in [0.25, 0.3) is 0 Å². The molecule has 2 aromatic rings. The predicted molar refractivity (Wildman–Crippen MR) is 58.9 cm³/mol. The highest BCUT2D eigenvalue weighted by Crippen LogP contribution is 2.19. The third-order valence-corrected chi connectivity index (χ3v) is 2.37. The number of nitrogens with two attached hydrogens (primary N) is 1. The van der Waals surface area contributed by atoms with Crippen LogP contribution in [0, 0.1) is 5.82 Å². The van der Waals surface area contributed by atoms with Gasteiger partial charge >= 0.3 is 0 Å². The van der Waals surface area contributed by atoms with E-state index in [4.69, 9.17) is 5.73 Å². The average molecular weight is 201 g/mol. The summed E-state index contributed by atoms with van der Waals surface area (Å²) in [6.07, 6.45) is 0. The van der Waals surface area contributed by atoms with Gasteiger partial charge in [-0.1, -0.05) is 42.5 Å². The minimum atomic E-state index is -0.262. The quantitative estimate of drug-likeness (QED) is 0.794. The van der Waals surface area contributed by atoms with E-state index in [0.29, 0.717) is 0 Å². The zero-order valence-corrected chi connectivity index (χ0v) is 8.23. The second kappa shape index (κ2) is 4.24. The molecule has 0 radical (unpaired) electrons. The Bertz CT molecular complexity index is 439. The van der Waals surface area contributed by atoms with Crippen LogP contribution in [0.5, 0.6) is 0 Å². The van der Waals surface area contributed by atoms with E-state index in [2.05, 4.69) is 0 Å². The SMILES string of the molecule is N[C@@H](c1ccccc1)c1cccc(F)c1. The van der Waals surface area contributed by atoms with Crippen LogP contribution < -0.4 is 5.73 Å². The first kappa shape index (κ1) is 9.87. The summed E-state index contributed by atoms with van der Waals surface area (Å²) in [4.78, 5) is 0. The van der Waals surface area contributed by atoms with Gasteiger partial charge in [-0.3, -0.25) is 0 Å². The molecular formula is C13H12FN. The Morgan fingerprint density at radius 1 is 0.867 bits per heavy atom. The van der Waals surface area contributed by atoms with Gasteiger partial charge in [0.2, 0.25) is 0 Å². The lowest BCUT2D eigenvalue weighted by Crippen LogP contribution is -2.11. The fourth-order valence-corrected chi connectivity index (χ4v) is 1.55. The summed E-state index contributed by atoms with van der Waals surface area (Å²) >= 11 is 0. The number of hydrogen-bond donors (Lipinski definition) is 1. The molecule has 0 unspecified atom stereocenters. The third-order valence-electron chi connectivity index (χ3n) is 2.37. The molecule has 2 aromatic carbocycles.